The lowest BCUT2D eigenvalue weighted by Gasteiger charge is -2.23. The van der Waals surface area contributed by atoms with Crippen LogP contribution in [0.3, 0.4) is 0 Å². The molecule has 33 heavy (non-hydrogen) atoms. The molecule has 0 aliphatic heterocycles. The number of nitrogens with zero attached hydrogens (tertiary/aromatic N) is 1. The molecule has 0 spiro atoms. The molecule has 10 heteroatoms. The molecule has 174 valence electrons. The lowest BCUT2D eigenvalue weighted by molar-refractivity contribution is -0.119. The van der Waals surface area contributed by atoms with Crippen LogP contribution in [-0.2, 0) is 28.0 Å². The fourth-order valence-electron chi connectivity index (χ4n) is 2.90. The second kappa shape index (κ2) is 10.9. The molecule has 0 atom stereocenters. The molecule has 3 aromatic rings. The van der Waals surface area contributed by atoms with Crippen LogP contribution in [0.4, 0.5) is 10.1 Å². The molecule has 0 saturated heterocycles. The number of rotatable bonds is 9. The summed E-state index contributed by atoms with van der Waals surface area (Å²) >= 11 is 12.0. The SMILES string of the molecule is CS(=O)(=O)N(CC(=O)NCc1ccc(OCc2ccc(F)cc2)cc1)c1ccc(Cl)cc1Cl. The van der Waals surface area contributed by atoms with Crippen LogP contribution in [0.5, 0.6) is 5.75 Å². The standard InChI is InChI=1S/C23H21Cl2FN2O4S/c1-33(30,31)28(22-11-6-18(24)12-21(22)25)14-23(29)27-13-16-4-9-20(10-5-16)32-15-17-2-7-19(26)8-3-17/h2-12H,13-15H2,1H3,(H,27,29). The molecule has 1 amide bonds. The number of benzene rings is 3. The molecule has 0 unspecified atom stereocenters. The molecule has 1 N–H and O–H groups in total. The Bertz CT molecular complexity index is 1220. The van der Waals surface area contributed by atoms with Crippen LogP contribution in [0.2, 0.25) is 10.0 Å². The summed E-state index contributed by atoms with van der Waals surface area (Å²) in [6.45, 7) is 0.0625. The number of hydrogen-bond donors (Lipinski definition) is 1. The van der Waals surface area contributed by atoms with E-state index in [1.54, 1.807) is 36.4 Å². The van der Waals surface area contributed by atoms with Crippen LogP contribution >= 0.6 is 23.2 Å². The van der Waals surface area contributed by atoms with Gasteiger partial charge in [0.05, 0.1) is 17.0 Å². The molecule has 0 aliphatic rings. The highest BCUT2D eigenvalue weighted by molar-refractivity contribution is 7.92. The van der Waals surface area contributed by atoms with Crippen molar-refractivity contribution in [2.24, 2.45) is 0 Å². The van der Waals surface area contributed by atoms with Gasteiger partial charge in [0.1, 0.15) is 24.7 Å². The van der Waals surface area contributed by atoms with Crippen molar-refractivity contribution in [3.05, 3.63) is 93.7 Å². The molecule has 0 saturated carbocycles. The number of carbonyl (C=O) groups excluding carboxylic acids is 1. The average Bonchev–Trinajstić information content (AvgIpc) is 2.76. The minimum absolute atomic E-state index is 0.122. The third-order valence-electron chi connectivity index (χ3n) is 4.60. The zero-order valence-electron chi connectivity index (χ0n) is 17.6. The van der Waals surface area contributed by atoms with Gasteiger partial charge in [-0.05, 0) is 53.6 Å². The Kier molecular flexibility index (Phi) is 8.18. The molecule has 3 aromatic carbocycles. The van der Waals surface area contributed by atoms with E-state index >= 15 is 0 Å². The third kappa shape index (κ3) is 7.35. The number of ether oxygens (including phenoxy) is 1. The summed E-state index contributed by atoms with van der Waals surface area (Å²) in [6.07, 6.45) is 0.996. The minimum atomic E-state index is -3.76. The Balaban J connectivity index is 1.56. The summed E-state index contributed by atoms with van der Waals surface area (Å²) in [4.78, 5) is 12.4. The maximum absolute atomic E-state index is 13.0. The Morgan fingerprint density at radius 1 is 1.00 bits per heavy atom. The summed E-state index contributed by atoms with van der Waals surface area (Å²) in [5.41, 5.74) is 1.80. The molecule has 0 radical (unpaired) electrons. The summed E-state index contributed by atoms with van der Waals surface area (Å²) in [7, 11) is -3.76. The average molecular weight is 511 g/mol. The highest BCUT2D eigenvalue weighted by atomic mass is 35.5. The molecule has 6 nitrogen and oxygen atoms in total. The zero-order chi connectivity index (χ0) is 24.0. The highest BCUT2D eigenvalue weighted by Crippen LogP contribution is 2.30. The molecule has 3 rings (SSSR count). The lowest BCUT2D eigenvalue weighted by atomic mass is 10.2. The van der Waals surface area contributed by atoms with Gasteiger partial charge >= 0.3 is 0 Å². The van der Waals surface area contributed by atoms with Crippen molar-refractivity contribution in [2.45, 2.75) is 13.2 Å². The predicted octanol–water partition coefficient (Wildman–Crippen LogP) is 4.79. The van der Waals surface area contributed by atoms with Gasteiger partial charge in [-0.15, -0.1) is 0 Å². The summed E-state index contributed by atoms with van der Waals surface area (Å²) in [5, 5.41) is 3.17. The first-order valence-corrected chi connectivity index (χ1v) is 12.4. The van der Waals surface area contributed by atoms with Gasteiger partial charge in [-0.3, -0.25) is 9.10 Å². The van der Waals surface area contributed by atoms with Crippen LogP contribution in [0, 0.1) is 5.82 Å². The number of amides is 1. The fraction of sp³-hybridized carbons (Fsp3) is 0.174. The monoisotopic (exact) mass is 510 g/mol. The molecule has 0 bridgehead atoms. The van der Waals surface area contributed by atoms with E-state index in [2.05, 4.69) is 5.32 Å². The van der Waals surface area contributed by atoms with Crippen molar-refractivity contribution in [2.75, 3.05) is 17.1 Å². The van der Waals surface area contributed by atoms with Crippen LogP contribution in [-0.4, -0.2) is 27.1 Å². The smallest absolute Gasteiger partial charge is 0.241 e. The van der Waals surface area contributed by atoms with Crippen molar-refractivity contribution < 1.29 is 22.3 Å². The van der Waals surface area contributed by atoms with E-state index in [-0.39, 0.29) is 23.1 Å². The summed E-state index contributed by atoms with van der Waals surface area (Å²) in [6, 6.07) is 17.5. The van der Waals surface area contributed by atoms with Crippen molar-refractivity contribution in [3.63, 3.8) is 0 Å². The van der Waals surface area contributed by atoms with E-state index in [4.69, 9.17) is 27.9 Å². The summed E-state index contributed by atoms with van der Waals surface area (Å²) in [5.74, 6) is -0.181. The third-order valence-corrected chi connectivity index (χ3v) is 6.26. The summed E-state index contributed by atoms with van der Waals surface area (Å²) < 4.78 is 44.0. The number of nitrogens with one attached hydrogen (secondary N) is 1. The molecule has 0 aromatic heterocycles. The van der Waals surface area contributed by atoms with Crippen molar-refractivity contribution in [3.8, 4) is 5.75 Å². The number of anilines is 1. The van der Waals surface area contributed by atoms with Crippen molar-refractivity contribution in [1.29, 1.82) is 0 Å². The topological polar surface area (TPSA) is 75.7 Å². The minimum Gasteiger partial charge on any atom is -0.489 e. The van der Waals surface area contributed by atoms with E-state index in [1.807, 2.05) is 0 Å². The first-order valence-electron chi connectivity index (χ1n) is 9.77. The van der Waals surface area contributed by atoms with Gasteiger partial charge in [0.25, 0.3) is 0 Å². The number of halogens is 3. The number of hydrogen-bond acceptors (Lipinski definition) is 4. The molecular weight excluding hydrogens is 490 g/mol. The van der Waals surface area contributed by atoms with Gasteiger partial charge < -0.3 is 10.1 Å². The lowest BCUT2D eigenvalue weighted by Crippen LogP contribution is -2.40. The van der Waals surface area contributed by atoms with Crippen LogP contribution in [0.25, 0.3) is 0 Å². The van der Waals surface area contributed by atoms with Gasteiger partial charge in [0.15, 0.2) is 0 Å². The zero-order valence-corrected chi connectivity index (χ0v) is 19.9. The van der Waals surface area contributed by atoms with Crippen LogP contribution in [0.15, 0.2) is 66.7 Å². The van der Waals surface area contributed by atoms with Gasteiger partial charge in [0, 0.05) is 11.6 Å². The fourth-order valence-corrected chi connectivity index (χ4v) is 4.33. The largest absolute Gasteiger partial charge is 0.489 e. The van der Waals surface area contributed by atoms with E-state index in [1.165, 1.54) is 30.3 Å². The Morgan fingerprint density at radius 3 is 2.24 bits per heavy atom. The second-order valence-electron chi connectivity index (χ2n) is 7.20. The second-order valence-corrected chi connectivity index (χ2v) is 9.95. The molecular formula is C23H21Cl2FN2O4S. The Morgan fingerprint density at radius 2 is 1.64 bits per heavy atom. The van der Waals surface area contributed by atoms with E-state index in [9.17, 15) is 17.6 Å². The quantitative estimate of drug-likeness (QED) is 0.448. The first-order chi connectivity index (χ1) is 15.6. The molecule has 0 fully saturated rings. The maximum atomic E-state index is 13.0. The van der Waals surface area contributed by atoms with Gasteiger partial charge in [-0.1, -0.05) is 47.5 Å². The molecule has 0 heterocycles. The maximum Gasteiger partial charge on any atom is 0.241 e. The first kappa shape index (κ1) is 24.8. The van der Waals surface area contributed by atoms with Crippen molar-refractivity contribution in [1.82, 2.24) is 5.32 Å². The van der Waals surface area contributed by atoms with Gasteiger partial charge in [-0.25, -0.2) is 12.8 Å². The normalized spacial score (nSPS) is 11.2. The molecule has 0 aliphatic carbocycles. The van der Waals surface area contributed by atoms with Crippen LogP contribution in [0.1, 0.15) is 11.1 Å². The van der Waals surface area contributed by atoms with E-state index in [0.29, 0.717) is 17.4 Å². The predicted molar refractivity (Wildman–Crippen MR) is 128 cm³/mol. The van der Waals surface area contributed by atoms with Crippen LogP contribution < -0.4 is 14.4 Å². The Hall–Kier alpha value is -2.81. The van der Waals surface area contributed by atoms with Gasteiger partial charge in [-0.2, -0.15) is 0 Å². The van der Waals surface area contributed by atoms with Crippen molar-refractivity contribution >= 4 is 44.8 Å². The van der Waals surface area contributed by atoms with E-state index < -0.39 is 22.5 Å². The highest BCUT2D eigenvalue weighted by Gasteiger charge is 2.23. The number of carbonyl (C=O) groups is 1. The Labute approximate surface area is 201 Å². The van der Waals surface area contributed by atoms with E-state index in [0.717, 1.165) is 21.7 Å². The number of sulfonamides is 1. The van der Waals surface area contributed by atoms with Gasteiger partial charge in [0.2, 0.25) is 15.9 Å².